The number of hydrogen-bond donors (Lipinski definition) is 1. The van der Waals surface area contributed by atoms with Crippen molar-refractivity contribution in [3.63, 3.8) is 0 Å². The Hall–Kier alpha value is -4.02. The fourth-order valence-electron chi connectivity index (χ4n) is 4.84. The number of methoxy groups -OCH3 is 2. The molecule has 1 aliphatic heterocycles. The molecule has 41 heavy (non-hydrogen) atoms. The molecule has 10 heteroatoms. The predicted molar refractivity (Wildman–Crippen MR) is 160 cm³/mol. The molecule has 0 bridgehead atoms. The molecule has 1 N–H and O–H groups in total. The van der Waals surface area contributed by atoms with E-state index in [1.807, 2.05) is 53.2 Å². The first-order valence-corrected chi connectivity index (χ1v) is 14.2. The van der Waals surface area contributed by atoms with Crippen LogP contribution < -0.4 is 18.9 Å². The summed E-state index contributed by atoms with van der Waals surface area (Å²) in [5.41, 5.74) is 3.71. The van der Waals surface area contributed by atoms with Crippen LogP contribution in [0.15, 0.2) is 71.2 Å². The van der Waals surface area contributed by atoms with Crippen LogP contribution in [0.3, 0.4) is 0 Å². The second-order valence-corrected chi connectivity index (χ2v) is 10.5. The Balaban J connectivity index is 1.53. The van der Waals surface area contributed by atoms with Crippen molar-refractivity contribution in [1.82, 2.24) is 14.7 Å². The molecule has 3 aromatic carbocycles. The van der Waals surface area contributed by atoms with Crippen LogP contribution in [-0.2, 0) is 4.79 Å². The van der Waals surface area contributed by atoms with Crippen molar-refractivity contribution in [2.45, 2.75) is 12.8 Å². The van der Waals surface area contributed by atoms with Gasteiger partial charge in [0.25, 0.3) is 0 Å². The van der Waals surface area contributed by atoms with E-state index < -0.39 is 12.6 Å². The van der Waals surface area contributed by atoms with Crippen LogP contribution in [0.25, 0.3) is 28.2 Å². The minimum Gasteiger partial charge on any atom is -0.497 e. The maximum atomic E-state index is 11.2. The Morgan fingerprint density at radius 3 is 2.37 bits per heavy atom. The van der Waals surface area contributed by atoms with Crippen LogP contribution in [0.1, 0.15) is 12.8 Å². The summed E-state index contributed by atoms with van der Waals surface area (Å²) in [6.07, 6.45) is 2.49. The van der Waals surface area contributed by atoms with Crippen molar-refractivity contribution in [3.8, 4) is 51.2 Å². The molecule has 0 aliphatic carbocycles. The van der Waals surface area contributed by atoms with Gasteiger partial charge in [-0.25, -0.2) is 9.48 Å². The van der Waals surface area contributed by atoms with Gasteiger partial charge in [-0.2, -0.15) is 5.10 Å². The zero-order valence-corrected chi connectivity index (χ0v) is 24.6. The molecule has 1 saturated heterocycles. The van der Waals surface area contributed by atoms with E-state index in [0.717, 1.165) is 41.1 Å². The number of halogens is 1. The molecular weight excluding hydrogens is 590 g/mol. The lowest BCUT2D eigenvalue weighted by Crippen LogP contribution is -2.25. The number of rotatable bonds is 12. The minimum absolute atomic E-state index is 0.388. The Labute approximate surface area is 247 Å². The summed E-state index contributed by atoms with van der Waals surface area (Å²) >= 11 is 3.51. The van der Waals surface area contributed by atoms with Crippen molar-refractivity contribution in [2.75, 3.05) is 47.1 Å². The maximum Gasteiger partial charge on any atom is 0.341 e. The van der Waals surface area contributed by atoms with E-state index in [4.69, 9.17) is 24.0 Å². The largest absolute Gasteiger partial charge is 0.497 e. The molecule has 214 valence electrons. The number of carboxylic acid groups (broad SMARTS) is 1. The molecule has 0 radical (unpaired) electrons. The average Bonchev–Trinajstić information content (AvgIpc) is 3.67. The number of benzene rings is 3. The fourth-order valence-corrected chi connectivity index (χ4v) is 5.10. The second-order valence-electron chi connectivity index (χ2n) is 9.61. The smallest absolute Gasteiger partial charge is 0.341 e. The number of aliphatic carboxylic acids is 1. The molecule has 0 unspecified atom stereocenters. The molecule has 1 aromatic heterocycles. The molecule has 2 heterocycles. The van der Waals surface area contributed by atoms with Crippen LogP contribution in [0, 0.1) is 0 Å². The topological polar surface area (TPSA) is 95.3 Å². The van der Waals surface area contributed by atoms with Crippen molar-refractivity contribution < 1.29 is 28.8 Å². The highest BCUT2D eigenvalue weighted by molar-refractivity contribution is 9.10. The third-order valence-electron chi connectivity index (χ3n) is 6.92. The van der Waals surface area contributed by atoms with Gasteiger partial charge in [0.05, 0.1) is 31.3 Å². The maximum absolute atomic E-state index is 11.2. The molecule has 0 saturated carbocycles. The first kappa shape index (κ1) is 28.5. The molecule has 9 nitrogen and oxygen atoms in total. The van der Waals surface area contributed by atoms with Crippen LogP contribution in [0.2, 0.25) is 0 Å². The van der Waals surface area contributed by atoms with Crippen molar-refractivity contribution in [3.05, 3.63) is 71.2 Å². The number of ether oxygens (including phenoxy) is 4. The van der Waals surface area contributed by atoms with Crippen molar-refractivity contribution in [2.24, 2.45) is 0 Å². The highest BCUT2D eigenvalue weighted by Crippen LogP contribution is 2.38. The van der Waals surface area contributed by atoms with Gasteiger partial charge in [0, 0.05) is 22.1 Å². The zero-order chi connectivity index (χ0) is 28.8. The summed E-state index contributed by atoms with van der Waals surface area (Å²) in [5, 5.41) is 14.1. The Kier molecular flexibility index (Phi) is 9.11. The van der Waals surface area contributed by atoms with E-state index in [1.165, 1.54) is 12.8 Å². The minimum atomic E-state index is -1.07. The molecule has 0 spiro atoms. The van der Waals surface area contributed by atoms with Gasteiger partial charge in [-0.1, -0.05) is 15.9 Å². The van der Waals surface area contributed by atoms with Crippen molar-refractivity contribution >= 4 is 21.9 Å². The van der Waals surface area contributed by atoms with Crippen LogP contribution in [0.5, 0.6) is 23.0 Å². The van der Waals surface area contributed by atoms with E-state index in [9.17, 15) is 9.90 Å². The summed E-state index contributed by atoms with van der Waals surface area (Å²) in [4.78, 5) is 13.6. The summed E-state index contributed by atoms with van der Waals surface area (Å²) in [5.74, 6) is 1.23. The number of aromatic nitrogens is 2. The zero-order valence-electron chi connectivity index (χ0n) is 23.0. The number of hydrogen-bond acceptors (Lipinski definition) is 7. The molecule has 0 atom stereocenters. The monoisotopic (exact) mass is 621 g/mol. The molecule has 1 aliphatic rings. The summed E-state index contributed by atoms with van der Waals surface area (Å²) < 4.78 is 25.6. The molecule has 0 amide bonds. The van der Waals surface area contributed by atoms with E-state index in [-0.39, 0.29) is 0 Å². The lowest BCUT2D eigenvalue weighted by atomic mass is 10.1. The quantitative estimate of drug-likeness (QED) is 0.208. The van der Waals surface area contributed by atoms with E-state index in [1.54, 1.807) is 32.4 Å². The lowest BCUT2D eigenvalue weighted by molar-refractivity contribution is -0.139. The van der Waals surface area contributed by atoms with Gasteiger partial charge in [0.15, 0.2) is 18.1 Å². The predicted octanol–water partition coefficient (Wildman–Crippen LogP) is 5.92. The van der Waals surface area contributed by atoms with Gasteiger partial charge in [-0.3, -0.25) is 4.90 Å². The van der Waals surface area contributed by atoms with Gasteiger partial charge in [0.1, 0.15) is 18.1 Å². The number of likely N-dealkylation sites (tertiary alicyclic amines) is 1. The van der Waals surface area contributed by atoms with Gasteiger partial charge in [-0.05, 0) is 92.7 Å². The first-order valence-electron chi connectivity index (χ1n) is 13.4. The number of carboxylic acids is 1. The summed E-state index contributed by atoms with van der Waals surface area (Å²) in [6, 6.07) is 20.8. The standard InChI is InChI=1S/C31H32BrN3O6/c1-38-24-10-12-28(41-20-31(36)37)25(18-24)26-19-27(35(33-26)23-8-6-22(32)7-9-23)21-5-11-29(30(17-21)39-2)40-16-15-34-13-3-4-14-34/h5-12,17-19H,3-4,13-16,20H2,1-2H3,(H,36,37). The van der Waals surface area contributed by atoms with Crippen LogP contribution >= 0.6 is 15.9 Å². The van der Waals surface area contributed by atoms with E-state index in [0.29, 0.717) is 40.9 Å². The van der Waals surface area contributed by atoms with Gasteiger partial charge >= 0.3 is 5.97 Å². The first-order chi connectivity index (χ1) is 19.9. The average molecular weight is 623 g/mol. The summed E-state index contributed by atoms with van der Waals surface area (Å²) in [6.45, 7) is 3.25. The SMILES string of the molecule is COc1ccc(OCC(=O)O)c(-c2cc(-c3ccc(OCCN4CCCC4)c(OC)c3)n(-c3ccc(Br)cc3)n2)c1. The number of nitrogens with zero attached hydrogens (tertiary/aromatic N) is 3. The van der Waals surface area contributed by atoms with E-state index in [2.05, 4.69) is 20.8 Å². The molecule has 5 rings (SSSR count). The lowest BCUT2D eigenvalue weighted by Gasteiger charge is -2.17. The van der Waals surface area contributed by atoms with Gasteiger partial charge in [-0.15, -0.1) is 0 Å². The highest BCUT2D eigenvalue weighted by Gasteiger charge is 2.19. The normalized spacial score (nSPS) is 13.2. The Morgan fingerprint density at radius 2 is 1.66 bits per heavy atom. The van der Waals surface area contributed by atoms with Crippen LogP contribution in [0.4, 0.5) is 0 Å². The fraction of sp³-hybridized carbons (Fsp3) is 0.290. The molecular formula is C31H32BrN3O6. The third-order valence-corrected chi connectivity index (χ3v) is 7.45. The van der Waals surface area contributed by atoms with Gasteiger partial charge in [0.2, 0.25) is 0 Å². The van der Waals surface area contributed by atoms with Gasteiger partial charge < -0.3 is 24.1 Å². The molecule has 1 fully saturated rings. The second kappa shape index (κ2) is 13.1. The molecule has 4 aromatic rings. The van der Waals surface area contributed by atoms with E-state index >= 15 is 0 Å². The Morgan fingerprint density at radius 1 is 0.902 bits per heavy atom. The van der Waals surface area contributed by atoms with Crippen LogP contribution in [-0.4, -0.2) is 72.8 Å². The Bertz CT molecular complexity index is 1500. The summed E-state index contributed by atoms with van der Waals surface area (Å²) in [7, 11) is 3.20. The highest BCUT2D eigenvalue weighted by atomic mass is 79.9. The van der Waals surface area contributed by atoms with Crippen molar-refractivity contribution in [1.29, 1.82) is 0 Å². The number of carbonyl (C=O) groups is 1. The third kappa shape index (κ3) is 6.83.